The molecule has 0 saturated heterocycles. The Bertz CT molecular complexity index is 206. The van der Waals surface area contributed by atoms with Gasteiger partial charge in [0.1, 0.15) is 0 Å². The standard InChI is InChI=1S/C10H18O2/c1-9(2,12)6-4-8(11)10(3)5-7(6)10/h6-8,11-12H,4-5H2,1-3H3. The maximum absolute atomic E-state index is 9.84. The molecule has 2 N–H and O–H groups in total. The predicted octanol–water partition coefficient (Wildman–Crippen LogP) is 1.16. The van der Waals surface area contributed by atoms with E-state index in [2.05, 4.69) is 6.92 Å². The molecule has 0 radical (unpaired) electrons. The van der Waals surface area contributed by atoms with Crippen molar-refractivity contribution in [1.29, 1.82) is 0 Å². The molecule has 4 atom stereocenters. The number of aliphatic hydroxyl groups excluding tert-OH is 1. The fraction of sp³-hybridized carbons (Fsp3) is 1.00. The highest BCUT2D eigenvalue weighted by Gasteiger charge is 2.66. The number of aliphatic hydroxyl groups is 2. The van der Waals surface area contributed by atoms with Crippen LogP contribution in [0.25, 0.3) is 0 Å². The van der Waals surface area contributed by atoms with E-state index in [1.54, 1.807) is 0 Å². The van der Waals surface area contributed by atoms with Crippen LogP contribution in [0.5, 0.6) is 0 Å². The average Bonchev–Trinajstić information content (AvgIpc) is 2.49. The Balaban J connectivity index is 2.15. The van der Waals surface area contributed by atoms with Gasteiger partial charge in [-0.1, -0.05) is 6.92 Å². The highest BCUT2D eigenvalue weighted by Crippen LogP contribution is 2.67. The zero-order valence-corrected chi connectivity index (χ0v) is 8.04. The summed E-state index contributed by atoms with van der Waals surface area (Å²) in [5, 5.41) is 19.6. The molecular formula is C10H18O2. The van der Waals surface area contributed by atoms with Crippen molar-refractivity contribution in [3.05, 3.63) is 0 Å². The van der Waals surface area contributed by atoms with Gasteiger partial charge in [0.2, 0.25) is 0 Å². The quantitative estimate of drug-likeness (QED) is 0.620. The van der Waals surface area contributed by atoms with E-state index in [1.165, 1.54) is 0 Å². The van der Waals surface area contributed by atoms with E-state index >= 15 is 0 Å². The zero-order chi connectivity index (χ0) is 9.15. The molecule has 12 heavy (non-hydrogen) atoms. The van der Waals surface area contributed by atoms with Crippen LogP contribution in [0.2, 0.25) is 0 Å². The minimum Gasteiger partial charge on any atom is -0.393 e. The van der Waals surface area contributed by atoms with Gasteiger partial charge in [0.05, 0.1) is 11.7 Å². The Morgan fingerprint density at radius 2 is 2.00 bits per heavy atom. The molecule has 2 aliphatic rings. The van der Waals surface area contributed by atoms with Gasteiger partial charge < -0.3 is 10.2 Å². The Hall–Kier alpha value is -0.0800. The van der Waals surface area contributed by atoms with E-state index < -0.39 is 5.60 Å². The van der Waals surface area contributed by atoms with E-state index in [0.29, 0.717) is 11.8 Å². The lowest BCUT2D eigenvalue weighted by atomic mass is 9.86. The Morgan fingerprint density at radius 3 is 2.17 bits per heavy atom. The van der Waals surface area contributed by atoms with Gasteiger partial charge >= 0.3 is 0 Å². The van der Waals surface area contributed by atoms with Crippen molar-refractivity contribution >= 4 is 0 Å². The van der Waals surface area contributed by atoms with Crippen molar-refractivity contribution < 1.29 is 10.2 Å². The number of fused-ring (bicyclic) bond motifs is 1. The molecule has 2 aliphatic carbocycles. The summed E-state index contributed by atoms with van der Waals surface area (Å²) in [7, 11) is 0. The van der Waals surface area contributed by atoms with Gasteiger partial charge in [0.25, 0.3) is 0 Å². The number of hydrogen-bond donors (Lipinski definition) is 2. The van der Waals surface area contributed by atoms with Gasteiger partial charge in [0, 0.05) is 0 Å². The van der Waals surface area contributed by atoms with E-state index in [4.69, 9.17) is 0 Å². The van der Waals surface area contributed by atoms with Crippen LogP contribution >= 0.6 is 0 Å². The highest BCUT2D eigenvalue weighted by atomic mass is 16.3. The predicted molar refractivity (Wildman–Crippen MR) is 46.6 cm³/mol. The molecule has 0 aromatic rings. The van der Waals surface area contributed by atoms with Crippen LogP contribution < -0.4 is 0 Å². The molecule has 2 fully saturated rings. The molecule has 70 valence electrons. The summed E-state index contributed by atoms with van der Waals surface area (Å²) < 4.78 is 0. The van der Waals surface area contributed by atoms with Crippen LogP contribution in [-0.2, 0) is 0 Å². The van der Waals surface area contributed by atoms with Gasteiger partial charge in [-0.25, -0.2) is 0 Å². The molecule has 2 nitrogen and oxygen atoms in total. The SMILES string of the molecule is CC(C)(O)C1CC(O)C2(C)CC12. The third-order valence-corrected chi connectivity index (χ3v) is 3.98. The van der Waals surface area contributed by atoms with Crippen LogP contribution in [0.15, 0.2) is 0 Å². The third kappa shape index (κ3) is 0.944. The fourth-order valence-corrected chi connectivity index (χ4v) is 2.85. The van der Waals surface area contributed by atoms with E-state index in [9.17, 15) is 10.2 Å². The first-order chi connectivity index (χ1) is 5.36. The average molecular weight is 170 g/mol. The van der Waals surface area contributed by atoms with Crippen molar-refractivity contribution in [3.63, 3.8) is 0 Å². The molecule has 0 bridgehead atoms. The lowest BCUT2D eigenvalue weighted by Crippen LogP contribution is -2.31. The minimum absolute atomic E-state index is 0.144. The van der Waals surface area contributed by atoms with Crippen molar-refractivity contribution in [3.8, 4) is 0 Å². The largest absolute Gasteiger partial charge is 0.393 e. The number of rotatable bonds is 1. The van der Waals surface area contributed by atoms with Crippen molar-refractivity contribution in [1.82, 2.24) is 0 Å². The minimum atomic E-state index is -0.611. The summed E-state index contributed by atoms with van der Waals surface area (Å²) in [6.45, 7) is 5.84. The van der Waals surface area contributed by atoms with E-state index in [-0.39, 0.29) is 11.5 Å². The first kappa shape index (κ1) is 8.52. The smallest absolute Gasteiger partial charge is 0.0623 e. The molecule has 2 saturated carbocycles. The summed E-state index contributed by atoms with van der Waals surface area (Å²) in [5.74, 6) is 0.866. The van der Waals surface area contributed by atoms with Gasteiger partial charge in [0.15, 0.2) is 0 Å². The number of hydrogen-bond acceptors (Lipinski definition) is 2. The van der Waals surface area contributed by atoms with Crippen LogP contribution in [0.1, 0.15) is 33.6 Å². The molecular weight excluding hydrogens is 152 g/mol. The van der Waals surface area contributed by atoms with Crippen LogP contribution in [0.3, 0.4) is 0 Å². The van der Waals surface area contributed by atoms with Gasteiger partial charge in [-0.3, -0.25) is 0 Å². The summed E-state index contributed by atoms with van der Waals surface area (Å²) in [5.41, 5.74) is -0.468. The topological polar surface area (TPSA) is 40.5 Å². The van der Waals surface area contributed by atoms with Crippen LogP contribution in [0.4, 0.5) is 0 Å². The van der Waals surface area contributed by atoms with Gasteiger partial charge in [-0.05, 0) is 43.9 Å². The Labute approximate surface area is 73.6 Å². The monoisotopic (exact) mass is 170 g/mol. The van der Waals surface area contributed by atoms with Crippen LogP contribution in [0, 0.1) is 17.3 Å². The second kappa shape index (κ2) is 2.05. The molecule has 0 aliphatic heterocycles. The van der Waals surface area contributed by atoms with Gasteiger partial charge in [-0.15, -0.1) is 0 Å². The summed E-state index contributed by atoms with van der Waals surface area (Å²) in [6.07, 6.45) is 1.70. The van der Waals surface area contributed by atoms with E-state index in [1.807, 2.05) is 13.8 Å². The first-order valence-electron chi connectivity index (χ1n) is 4.76. The lowest BCUT2D eigenvalue weighted by molar-refractivity contribution is 0.00104. The lowest BCUT2D eigenvalue weighted by Gasteiger charge is -2.27. The zero-order valence-electron chi connectivity index (χ0n) is 8.04. The fourth-order valence-electron chi connectivity index (χ4n) is 2.85. The summed E-state index contributed by atoms with van der Waals surface area (Å²) in [4.78, 5) is 0. The maximum atomic E-state index is 9.84. The molecule has 0 aromatic heterocycles. The summed E-state index contributed by atoms with van der Waals surface area (Å²) >= 11 is 0. The molecule has 2 heteroatoms. The highest BCUT2D eigenvalue weighted by molar-refractivity contribution is 5.15. The van der Waals surface area contributed by atoms with Crippen molar-refractivity contribution in [2.75, 3.05) is 0 Å². The maximum Gasteiger partial charge on any atom is 0.0623 e. The van der Waals surface area contributed by atoms with Crippen molar-refractivity contribution in [2.45, 2.75) is 45.3 Å². The molecule has 0 heterocycles. The normalized spacial score (nSPS) is 52.2. The third-order valence-electron chi connectivity index (χ3n) is 3.98. The van der Waals surface area contributed by atoms with Crippen molar-refractivity contribution in [2.24, 2.45) is 17.3 Å². The summed E-state index contributed by atoms with van der Waals surface area (Å²) in [6, 6.07) is 0. The second-order valence-electron chi connectivity index (χ2n) is 5.33. The first-order valence-corrected chi connectivity index (χ1v) is 4.76. The molecule has 2 rings (SSSR count). The van der Waals surface area contributed by atoms with Gasteiger partial charge in [-0.2, -0.15) is 0 Å². The molecule has 0 aromatic carbocycles. The Morgan fingerprint density at radius 1 is 1.42 bits per heavy atom. The second-order valence-corrected chi connectivity index (χ2v) is 5.33. The molecule has 0 amide bonds. The Kier molecular flexibility index (Phi) is 1.45. The molecule has 4 unspecified atom stereocenters. The van der Waals surface area contributed by atoms with E-state index in [0.717, 1.165) is 12.8 Å². The molecule has 0 spiro atoms. The van der Waals surface area contributed by atoms with Crippen LogP contribution in [-0.4, -0.2) is 21.9 Å².